The van der Waals surface area contributed by atoms with Gasteiger partial charge in [0.2, 0.25) is 11.1 Å². The summed E-state index contributed by atoms with van der Waals surface area (Å²) in [5.74, 6) is 0. The van der Waals surface area contributed by atoms with Crippen LogP contribution in [0, 0.1) is 0 Å². The first kappa shape index (κ1) is 21.1. The highest BCUT2D eigenvalue weighted by molar-refractivity contribution is 5.27. The van der Waals surface area contributed by atoms with E-state index in [0.29, 0.717) is 12.1 Å². The first-order chi connectivity index (χ1) is 14.7. The van der Waals surface area contributed by atoms with Crippen LogP contribution in [0.3, 0.4) is 0 Å². The lowest BCUT2D eigenvalue weighted by Gasteiger charge is -2.26. The van der Waals surface area contributed by atoms with Crippen LogP contribution in [0.5, 0.6) is 0 Å². The lowest BCUT2D eigenvalue weighted by atomic mass is 9.91. The molecule has 0 aliphatic heterocycles. The zero-order valence-corrected chi connectivity index (χ0v) is 17.8. The molecule has 30 heavy (non-hydrogen) atoms. The van der Waals surface area contributed by atoms with Crippen LogP contribution in [-0.2, 0) is 12.8 Å². The maximum absolute atomic E-state index is 11.5. The molecule has 0 aromatic carbocycles. The largest absolute Gasteiger partial charge is 0.326 e. The Bertz CT molecular complexity index is 871. The fourth-order valence-electron chi connectivity index (χ4n) is 4.98. The predicted octanol–water partition coefficient (Wildman–Crippen LogP) is 3.26. The summed E-state index contributed by atoms with van der Waals surface area (Å²) in [6.07, 6.45) is 11.4. The van der Waals surface area contributed by atoms with Crippen molar-refractivity contribution in [3.63, 3.8) is 0 Å². The van der Waals surface area contributed by atoms with E-state index in [1.807, 2.05) is 12.1 Å². The molecule has 0 spiro atoms. The van der Waals surface area contributed by atoms with Gasteiger partial charge in [0.15, 0.2) is 0 Å². The van der Waals surface area contributed by atoms with Crippen molar-refractivity contribution in [1.82, 2.24) is 20.6 Å². The number of hydrogen-bond acceptors (Lipinski definition) is 4. The van der Waals surface area contributed by atoms with Gasteiger partial charge in [0.25, 0.3) is 0 Å². The minimum Gasteiger partial charge on any atom is -0.326 e. The molecular formula is C24H34N4O2. The number of rotatable bonds is 9. The quantitative estimate of drug-likeness (QED) is 0.478. The van der Waals surface area contributed by atoms with Crippen molar-refractivity contribution in [3.8, 4) is 0 Å². The number of nitrogens with one attached hydrogen (secondary N) is 4. The molecule has 0 radical (unpaired) electrons. The van der Waals surface area contributed by atoms with Gasteiger partial charge in [-0.2, -0.15) is 0 Å². The van der Waals surface area contributed by atoms with E-state index < -0.39 is 0 Å². The Hall–Kier alpha value is -2.18. The van der Waals surface area contributed by atoms with Gasteiger partial charge >= 0.3 is 0 Å². The molecule has 2 atom stereocenters. The number of aryl methyl sites for hydroxylation is 2. The van der Waals surface area contributed by atoms with E-state index in [0.717, 1.165) is 63.0 Å². The fourth-order valence-corrected chi connectivity index (χ4v) is 4.98. The molecule has 6 heteroatoms. The molecule has 6 nitrogen and oxygen atoms in total. The number of pyridine rings is 2. The Balaban J connectivity index is 1.12. The minimum absolute atomic E-state index is 0.00742. The third-order valence-electron chi connectivity index (χ3n) is 6.55. The van der Waals surface area contributed by atoms with E-state index in [1.54, 1.807) is 12.1 Å². The molecule has 4 N–H and O–H groups in total. The number of H-pyrrole nitrogens is 2. The molecule has 0 amide bonds. The van der Waals surface area contributed by atoms with Crippen LogP contribution in [0.2, 0.25) is 0 Å². The van der Waals surface area contributed by atoms with E-state index in [1.165, 1.54) is 36.8 Å². The molecule has 0 saturated carbocycles. The maximum Gasteiger partial charge on any atom is 0.248 e. The van der Waals surface area contributed by atoms with Crippen molar-refractivity contribution in [2.75, 3.05) is 13.1 Å². The Kier molecular flexibility index (Phi) is 7.18. The number of hydrogen-bond donors (Lipinski definition) is 4. The SMILES string of the molecule is O=c1ccc2c([nH]1)CCC[C@H]2NCCCCCCN[C@@H]1CCCc2[nH]c(=O)ccc21. The summed E-state index contributed by atoms with van der Waals surface area (Å²) in [7, 11) is 0. The van der Waals surface area contributed by atoms with E-state index in [9.17, 15) is 9.59 Å². The Labute approximate surface area is 177 Å². The first-order valence-electron chi connectivity index (χ1n) is 11.6. The minimum atomic E-state index is 0.00742. The molecule has 0 bridgehead atoms. The van der Waals surface area contributed by atoms with Crippen LogP contribution < -0.4 is 21.8 Å². The van der Waals surface area contributed by atoms with Gasteiger partial charge in [0.1, 0.15) is 0 Å². The van der Waals surface area contributed by atoms with Crippen molar-refractivity contribution in [3.05, 3.63) is 67.5 Å². The highest BCUT2D eigenvalue weighted by Crippen LogP contribution is 2.28. The molecule has 2 aliphatic carbocycles. The van der Waals surface area contributed by atoms with Crippen LogP contribution >= 0.6 is 0 Å². The molecule has 2 aromatic rings. The fraction of sp³-hybridized carbons (Fsp3) is 0.583. The van der Waals surface area contributed by atoms with E-state index in [4.69, 9.17) is 0 Å². The molecule has 0 unspecified atom stereocenters. The molecule has 4 rings (SSSR count). The molecule has 2 heterocycles. The summed E-state index contributed by atoms with van der Waals surface area (Å²) in [4.78, 5) is 29.0. The number of aromatic nitrogens is 2. The third-order valence-corrected chi connectivity index (χ3v) is 6.55. The average Bonchev–Trinajstić information content (AvgIpc) is 2.75. The van der Waals surface area contributed by atoms with E-state index in [-0.39, 0.29) is 11.1 Å². The van der Waals surface area contributed by atoms with E-state index >= 15 is 0 Å². The highest BCUT2D eigenvalue weighted by atomic mass is 16.1. The van der Waals surface area contributed by atoms with Crippen molar-refractivity contribution < 1.29 is 0 Å². The zero-order valence-electron chi connectivity index (χ0n) is 17.8. The normalized spacial score (nSPS) is 20.5. The molecular weight excluding hydrogens is 376 g/mol. The van der Waals surface area contributed by atoms with Gasteiger partial charge in [0, 0.05) is 35.6 Å². The van der Waals surface area contributed by atoms with Gasteiger partial charge in [-0.3, -0.25) is 9.59 Å². The molecule has 0 saturated heterocycles. The number of unbranched alkanes of at least 4 members (excludes halogenated alkanes) is 3. The number of fused-ring (bicyclic) bond motifs is 2. The van der Waals surface area contributed by atoms with Gasteiger partial charge in [-0.25, -0.2) is 0 Å². The van der Waals surface area contributed by atoms with Gasteiger partial charge < -0.3 is 20.6 Å². The average molecular weight is 411 g/mol. The zero-order chi connectivity index (χ0) is 20.8. The van der Waals surface area contributed by atoms with Crippen LogP contribution in [0.15, 0.2) is 33.9 Å². The summed E-state index contributed by atoms with van der Waals surface area (Å²) in [5.41, 5.74) is 4.80. The second kappa shape index (κ2) is 10.2. The summed E-state index contributed by atoms with van der Waals surface area (Å²) < 4.78 is 0. The van der Waals surface area contributed by atoms with Crippen LogP contribution in [-0.4, -0.2) is 23.1 Å². The van der Waals surface area contributed by atoms with Crippen molar-refractivity contribution >= 4 is 0 Å². The van der Waals surface area contributed by atoms with Gasteiger partial charge in [0.05, 0.1) is 0 Å². The Morgan fingerprint density at radius 1 is 0.700 bits per heavy atom. The van der Waals surface area contributed by atoms with Gasteiger partial charge in [-0.15, -0.1) is 0 Å². The summed E-state index contributed by atoms with van der Waals surface area (Å²) in [6.45, 7) is 2.06. The van der Waals surface area contributed by atoms with Crippen molar-refractivity contribution in [2.24, 2.45) is 0 Å². The Morgan fingerprint density at radius 3 is 1.63 bits per heavy atom. The smallest absolute Gasteiger partial charge is 0.248 e. The van der Waals surface area contributed by atoms with Crippen LogP contribution in [0.4, 0.5) is 0 Å². The standard InChI is InChI=1S/C24H34N4O2/c29-23-13-11-17-19(7-5-9-21(17)27-23)25-15-3-1-2-4-16-26-20-8-6-10-22-18(20)12-14-24(30)28-22/h11-14,19-20,25-26H,1-10,15-16H2,(H,27,29)(H,28,30)/t19-,20-/m1/s1. The van der Waals surface area contributed by atoms with E-state index in [2.05, 4.69) is 20.6 Å². The first-order valence-corrected chi connectivity index (χ1v) is 11.6. The molecule has 2 aromatic heterocycles. The summed E-state index contributed by atoms with van der Waals surface area (Å²) in [5, 5.41) is 7.38. The van der Waals surface area contributed by atoms with Crippen molar-refractivity contribution in [2.45, 2.75) is 76.3 Å². The second-order valence-electron chi connectivity index (χ2n) is 8.73. The highest BCUT2D eigenvalue weighted by Gasteiger charge is 2.21. The van der Waals surface area contributed by atoms with Crippen molar-refractivity contribution in [1.29, 1.82) is 0 Å². The van der Waals surface area contributed by atoms with Gasteiger partial charge in [-0.05, 0) is 75.6 Å². The molecule has 2 aliphatic rings. The lowest BCUT2D eigenvalue weighted by Crippen LogP contribution is -2.28. The van der Waals surface area contributed by atoms with Crippen LogP contribution in [0.25, 0.3) is 0 Å². The van der Waals surface area contributed by atoms with Crippen LogP contribution in [0.1, 0.15) is 86.0 Å². The lowest BCUT2D eigenvalue weighted by molar-refractivity contribution is 0.432. The Morgan fingerprint density at radius 2 is 1.17 bits per heavy atom. The van der Waals surface area contributed by atoms with Gasteiger partial charge in [-0.1, -0.05) is 25.0 Å². The summed E-state index contributed by atoms with van der Waals surface area (Å²) in [6, 6.07) is 8.04. The molecule has 162 valence electrons. The number of aromatic amines is 2. The monoisotopic (exact) mass is 410 g/mol. The predicted molar refractivity (Wildman–Crippen MR) is 120 cm³/mol. The summed E-state index contributed by atoms with van der Waals surface area (Å²) >= 11 is 0. The second-order valence-corrected chi connectivity index (χ2v) is 8.73. The topological polar surface area (TPSA) is 89.8 Å². The maximum atomic E-state index is 11.5. The molecule has 0 fully saturated rings. The third kappa shape index (κ3) is 5.29.